The lowest BCUT2D eigenvalue weighted by molar-refractivity contribution is 0.268. The van der Waals surface area contributed by atoms with Gasteiger partial charge in [0, 0.05) is 18.8 Å². The zero-order chi connectivity index (χ0) is 15.9. The molecule has 3 heteroatoms. The lowest BCUT2D eigenvalue weighted by Gasteiger charge is -2.34. The van der Waals surface area contributed by atoms with Gasteiger partial charge < -0.3 is 4.90 Å². The van der Waals surface area contributed by atoms with E-state index >= 15 is 0 Å². The Morgan fingerprint density at radius 1 is 1.09 bits per heavy atom. The average molecular weight is 291 g/mol. The number of allylic oxidation sites excluding steroid dienone is 3. The molecule has 1 fully saturated rings. The molecular formula is C19H21N3. The molecule has 1 aliphatic rings. The molecule has 1 aromatic carbocycles. The predicted molar refractivity (Wildman–Crippen MR) is 88.4 cm³/mol. The van der Waals surface area contributed by atoms with Crippen LogP contribution in [0, 0.1) is 35.5 Å². The van der Waals surface area contributed by atoms with Crippen LogP contribution < -0.4 is 0 Å². The molecule has 22 heavy (non-hydrogen) atoms. The van der Waals surface area contributed by atoms with E-state index < -0.39 is 0 Å². The minimum atomic E-state index is 0.134. The molecule has 0 amide bonds. The zero-order valence-corrected chi connectivity index (χ0v) is 13.2. The summed E-state index contributed by atoms with van der Waals surface area (Å²) in [6, 6.07) is 12.2. The molecule has 0 atom stereocenters. The number of aryl methyl sites for hydroxylation is 1. The largest absolute Gasteiger partial charge is 0.371 e. The molecule has 2 rings (SSSR count). The van der Waals surface area contributed by atoms with Crippen LogP contribution in [0.15, 0.2) is 42.0 Å². The molecule has 0 spiro atoms. The minimum Gasteiger partial charge on any atom is -0.371 e. The third-order valence-corrected chi connectivity index (χ3v) is 4.12. The molecule has 0 aliphatic carbocycles. The van der Waals surface area contributed by atoms with Crippen LogP contribution in [0.25, 0.3) is 5.70 Å². The smallest absolute Gasteiger partial charge is 0.129 e. The molecule has 0 bridgehead atoms. The highest BCUT2D eigenvalue weighted by Gasteiger charge is 2.18. The first-order valence-corrected chi connectivity index (χ1v) is 7.68. The van der Waals surface area contributed by atoms with Gasteiger partial charge >= 0.3 is 0 Å². The molecule has 0 saturated carbocycles. The first-order valence-electron chi connectivity index (χ1n) is 7.68. The van der Waals surface area contributed by atoms with Crippen LogP contribution in [0.3, 0.4) is 0 Å². The second-order valence-corrected chi connectivity index (χ2v) is 5.89. The maximum atomic E-state index is 8.91. The van der Waals surface area contributed by atoms with Crippen molar-refractivity contribution in [3.05, 3.63) is 53.1 Å². The molecule has 0 radical (unpaired) electrons. The summed E-state index contributed by atoms with van der Waals surface area (Å²) in [6.45, 7) is 6.39. The summed E-state index contributed by atoms with van der Waals surface area (Å²) < 4.78 is 0. The molecule has 1 aliphatic heterocycles. The Labute approximate surface area is 132 Å². The van der Waals surface area contributed by atoms with E-state index in [9.17, 15) is 0 Å². The Kier molecular flexibility index (Phi) is 5.39. The van der Waals surface area contributed by atoms with Crippen LogP contribution >= 0.6 is 0 Å². The topological polar surface area (TPSA) is 50.8 Å². The van der Waals surface area contributed by atoms with E-state index in [0.717, 1.165) is 30.3 Å². The maximum absolute atomic E-state index is 8.91. The predicted octanol–water partition coefficient (Wildman–Crippen LogP) is 4.04. The summed E-state index contributed by atoms with van der Waals surface area (Å²) in [5.74, 6) is 0.764. The fraction of sp³-hybridized carbons (Fsp3) is 0.368. The highest BCUT2D eigenvalue weighted by molar-refractivity contribution is 5.66. The molecule has 0 unspecified atom stereocenters. The summed E-state index contributed by atoms with van der Waals surface area (Å²) in [7, 11) is 0. The highest BCUT2D eigenvalue weighted by Crippen LogP contribution is 2.26. The SMILES string of the molecule is Cc1ccc(C(=CC=C(C#N)C#N)N2CCC(C)CC2)cc1. The molecule has 3 nitrogen and oxygen atoms in total. The number of benzene rings is 1. The van der Waals surface area contributed by atoms with E-state index in [4.69, 9.17) is 10.5 Å². The number of likely N-dealkylation sites (tertiary alicyclic amines) is 1. The first kappa shape index (κ1) is 15.9. The van der Waals surface area contributed by atoms with Gasteiger partial charge in [-0.3, -0.25) is 0 Å². The normalized spacial score (nSPS) is 15.8. The van der Waals surface area contributed by atoms with Gasteiger partial charge in [-0.1, -0.05) is 36.8 Å². The van der Waals surface area contributed by atoms with Crippen LogP contribution in [0.4, 0.5) is 0 Å². The van der Waals surface area contributed by atoms with E-state index in [-0.39, 0.29) is 5.57 Å². The number of hydrogen-bond donors (Lipinski definition) is 0. The third-order valence-electron chi connectivity index (χ3n) is 4.12. The lowest BCUT2D eigenvalue weighted by atomic mass is 9.97. The fourth-order valence-corrected chi connectivity index (χ4v) is 2.62. The van der Waals surface area contributed by atoms with Gasteiger partial charge in [-0.05, 0) is 43.4 Å². The third kappa shape index (κ3) is 3.99. The average Bonchev–Trinajstić information content (AvgIpc) is 2.54. The van der Waals surface area contributed by atoms with Crippen molar-refractivity contribution in [2.24, 2.45) is 5.92 Å². The van der Waals surface area contributed by atoms with E-state index in [2.05, 4.69) is 43.0 Å². The molecule has 1 saturated heterocycles. The first-order chi connectivity index (χ1) is 10.6. The van der Waals surface area contributed by atoms with Crippen molar-refractivity contribution in [1.29, 1.82) is 10.5 Å². The summed E-state index contributed by atoms with van der Waals surface area (Å²) in [5, 5.41) is 17.8. The van der Waals surface area contributed by atoms with E-state index in [1.807, 2.05) is 18.2 Å². The molecule has 0 aromatic heterocycles. The monoisotopic (exact) mass is 291 g/mol. The Hall–Kier alpha value is -2.52. The lowest BCUT2D eigenvalue weighted by Crippen LogP contribution is -2.31. The zero-order valence-electron chi connectivity index (χ0n) is 13.2. The second-order valence-electron chi connectivity index (χ2n) is 5.89. The van der Waals surface area contributed by atoms with Crippen molar-refractivity contribution in [2.75, 3.05) is 13.1 Å². The van der Waals surface area contributed by atoms with Crippen molar-refractivity contribution >= 4 is 5.70 Å². The van der Waals surface area contributed by atoms with Crippen molar-refractivity contribution in [2.45, 2.75) is 26.7 Å². The van der Waals surface area contributed by atoms with E-state index in [0.29, 0.717) is 0 Å². The van der Waals surface area contributed by atoms with Crippen LogP contribution in [0.5, 0.6) is 0 Å². The number of hydrogen-bond acceptors (Lipinski definition) is 3. The van der Waals surface area contributed by atoms with Gasteiger partial charge in [-0.2, -0.15) is 10.5 Å². The molecule has 1 heterocycles. The van der Waals surface area contributed by atoms with Crippen molar-refractivity contribution < 1.29 is 0 Å². The van der Waals surface area contributed by atoms with E-state index in [1.165, 1.54) is 18.4 Å². The summed E-state index contributed by atoms with van der Waals surface area (Å²) in [6.07, 6.45) is 5.88. The van der Waals surface area contributed by atoms with Gasteiger partial charge in [0.05, 0.1) is 0 Å². The fourth-order valence-electron chi connectivity index (χ4n) is 2.62. The van der Waals surface area contributed by atoms with Crippen molar-refractivity contribution in [1.82, 2.24) is 4.90 Å². The standard InChI is InChI=1S/C19H21N3/c1-15-3-6-18(7-4-15)19(8-5-17(13-20)14-21)22-11-9-16(2)10-12-22/h3-8,16H,9-12H2,1-2H3. The van der Waals surface area contributed by atoms with Gasteiger partial charge in [0.1, 0.15) is 17.7 Å². The van der Waals surface area contributed by atoms with Crippen molar-refractivity contribution in [3.8, 4) is 12.1 Å². The quantitative estimate of drug-likeness (QED) is 0.624. The van der Waals surface area contributed by atoms with E-state index in [1.54, 1.807) is 6.08 Å². The van der Waals surface area contributed by atoms with Gasteiger partial charge in [0.15, 0.2) is 0 Å². The molecule has 1 aromatic rings. The van der Waals surface area contributed by atoms with Crippen LogP contribution in [0.2, 0.25) is 0 Å². The Bertz CT molecular complexity index is 629. The highest BCUT2D eigenvalue weighted by atomic mass is 15.1. The number of nitriles is 2. The van der Waals surface area contributed by atoms with Crippen LogP contribution in [-0.2, 0) is 0 Å². The molecule has 112 valence electrons. The summed E-state index contributed by atoms with van der Waals surface area (Å²) >= 11 is 0. The maximum Gasteiger partial charge on any atom is 0.129 e. The van der Waals surface area contributed by atoms with Crippen molar-refractivity contribution in [3.63, 3.8) is 0 Å². The van der Waals surface area contributed by atoms with Crippen LogP contribution in [-0.4, -0.2) is 18.0 Å². The van der Waals surface area contributed by atoms with Gasteiger partial charge in [-0.25, -0.2) is 0 Å². The second kappa shape index (κ2) is 7.48. The molecular weight excluding hydrogens is 270 g/mol. The summed E-state index contributed by atoms with van der Waals surface area (Å²) in [4.78, 5) is 2.35. The Morgan fingerprint density at radius 3 is 2.23 bits per heavy atom. The summed E-state index contributed by atoms with van der Waals surface area (Å²) in [5.41, 5.74) is 3.58. The Morgan fingerprint density at radius 2 is 1.68 bits per heavy atom. The number of piperidine rings is 1. The molecule has 0 N–H and O–H groups in total. The Balaban J connectivity index is 2.35. The van der Waals surface area contributed by atoms with Gasteiger partial charge in [0.2, 0.25) is 0 Å². The number of nitrogens with zero attached hydrogens (tertiary/aromatic N) is 3. The van der Waals surface area contributed by atoms with Gasteiger partial charge in [0.25, 0.3) is 0 Å². The van der Waals surface area contributed by atoms with Gasteiger partial charge in [-0.15, -0.1) is 0 Å². The van der Waals surface area contributed by atoms with Crippen LogP contribution in [0.1, 0.15) is 30.9 Å². The number of rotatable bonds is 3. The minimum absolute atomic E-state index is 0.134.